The van der Waals surface area contributed by atoms with Gasteiger partial charge in [-0.05, 0) is 25.0 Å². The van der Waals surface area contributed by atoms with Crippen LogP contribution < -0.4 is 9.80 Å². The first-order valence-corrected chi connectivity index (χ1v) is 9.08. The van der Waals surface area contributed by atoms with Crippen molar-refractivity contribution in [1.82, 2.24) is 15.2 Å². The number of pyridine rings is 1. The molecule has 1 spiro atoms. The predicted octanol–water partition coefficient (Wildman–Crippen LogP) is 2.20. The Kier molecular flexibility index (Phi) is 4.32. The molecule has 2 aliphatic rings. The van der Waals surface area contributed by atoms with Gasteiger partial charge in [0.1, 0.15) is 5.51 Å². The van der Waals surface area contributed by atoms with Crippen LogP contribution in [-0.2, 0) is 4.74 Å². The fraction of sp³-hybridized carbons (Fsp3) is 0.562. The van der Waals surface area contributed by atoms with Crippen LogP contribution in [0, 0.1) is 11.2 Å². The van der Waals surface area contributed by atoms with E-state index in [0.29, 0.717) is 25.6 Å². The predicted molar refractivity (Wildman–Crippen MR) is 91.0 cm³/mol. The summed E-state index contributed by atoms with van der Waals surface area (Å²) in [5.74, 6) is 0.154. The number of rotatable bonds is 2. The SMILES string of the molecule is Fc1cccnc1N1CCOC[C@@]2(CCCN(c3nncs3)C2)C1. The van der Waals surface area contributed by atoms with Gasteiger partial charge in [0.25, 0.3) is 0 Å². The molecule has 2 saturated heterocycles. The summed E-state index contributed by atoms with van der Waals surface area (Å²) in [5.41, 5.74) is 1.72. The van der Waals surface area contributed by atoms with E-state index < -0.39 is 0 Å². The van der Waals surface area contributed by atoms with Gasteiger partial charge in [0.2, 0.25) is 5.13 Å². The molecule has 2 fully saturated rings. The average molecular weight is 349 g/mol. The minimum Gasteiger partial charge on any atom is -0.379 e. The number of aromatic nitrogens is 3. The molecule has 128 valence electrons. The van der Waals surface area contributed by atoms with Gasteiger partial charge < -0.3 is 14.5 Å². The van der Waals surface area contributed by atoms with E-state index in [1.165, 1.54) is 6.07 Å². The monoisotopic (exact) mass is 349 g/mol. The normalized spacial score (nSPS) is 25.0. The maximum atomic E-state index is 14.2. The molecule has 0 saturated carbocycles. The van der Waals surface area contributed by atoms with Gasteiger partial charge in [-0.15, -0.1) is 10.2 Å². The van der Waals surface area contributed by atoms with Crippen molar-refractivity contribution < 1.29 is 9.13 Å². The number of piperidine rings is 1. The van der Waals surface area contributed by atoms with E-state index in [2.05, 4.69) is 20.1 Å². The van der Waals surface area contributed by atoms with Gasteiger partial charge in [0, 0.05) is 37.8 Å². The van der Waals surface area contributed by atoms with Gasteiger partial charge in [-0.3, -0.25) is 0 Å². The standard InChI is InChI=1S/C16H20FN5OS/c17-13-3-1-5-18-14(13)21-7-8-23-11-16(9-21)4-2-6-22(10-16)15-20-19-12-24-15/h1,3,5,12H,2,4,6-11H2/t16-/m0/s1. The molecular formula is C16H20FN5OS. The van der Waals surface area contributed by atoms with E-state index in [0.717, 1.165) is 37.6 Å². The summed E-state index contributed by atoms with van der Waals surface area (Å²) < 4.78 is 20.1. The van der Waals surface area contributed by atoms with Gasteiger partial charge in [-0.25, -0.2) is 9.37 Å². The molecule has 6 nitrogen and oxygen atoms in total. The summed E-state index contributed by atoms with van der Waals surface area (Å²) in [7, 11) is 0. The largest absolute Gasteiger partial charge is 0.379 e. The van der Waals surface area contributed by atoms with Crippen LogP contribution in [0.25, 0.3) is 0 Å². The Bertz CT molecular complexity index is 685. The van der Waals surface area contributed by atoms with E-state index in [1.807, 2.05) is 4.90 Å². The number of anilines is 2. The highest BCUT2D eigenvalue weighted by atomic mass is 32.1. The Hall–Kier alpha value is -1.80. The Morgan fingerprint density at radius 1 is 1.25 bits per heavy atom. The van der Waals surface area contributed by atoms with Crippen LogP contribution >= 0.6 is 11.3 Å². The van der Waals surface area contributed by atoms with Crippen molar-refractivity contribution in [3.05, 3.63) is 29.7 Å². The number of hydrogen-bond donors (Lipinski definition) is 0. The van der Waals surface area contributed by atoms with Crippen LogP contribution in [0.15, 0.2) is 23.8 Å². The molecule has 0 bridgehead atoms. The first kappa shape index (κ1) is 15.7. The minimum atomic E-state index is -0.272. The highest BCUT2D eigenvalue weighted by Gasteiger charge is 2.40. The average Bonchev–Trinajstić information content (AvgIpc) is 3.06. The first-order valence-electron chi connectivity index (χ1n) is 8.20. The molecule has 0 aromatic carbocycles. The lowest BCUT2D eigenvalue weighted by Gasteiger charge is -2.43. The quantitative estimate of drug-likeness (QED) is 0.828. The van der Waals surface area contributed by atoms with Crippen molar-refractivity contribution in [3.8, 4) is 0 Å². The summed E-state index contributed by atoms with van der Waals surface area (Å²) in [6.45, 7) is 4.52. The van der Waals surface area contributed by atoms with Gasteiger partial charge in [-0.1, -0.05) is 11.3 Å². The molecule has 24 heavy (non-hydrogen) atoms. The second kappa shape index (κ2) is 6.60. The third kappa shape index (κ3) is 3.08. The molecule has 1 atom stereocenters. The van der Waals surface area contributed by atoms with Crippen LogP contribution in [0.4, 0.5) is 15.3 Å². The van der Waals surface area contributed by atoms with Crippen molar-refractivity contribution in [3.63, 3.8) is 0 Å². The van der Waals surface area contributed by atoms with Crippen LogP contribution in [0.3, 0.4) is 0 Å². The highest BCUT2D eigenvalue weighted by molar-refractivity contribution is 7.13. The lowest BCUT2D eigenvalue weighted by atomic mass is 9.80. The summed E-state index contributed by atoms with van der Waals surface area (Å²) in [4.78, 5) is 8.57. The molecule has 0 N–H and O–H groups in total. The van der Waals surface area contributed by atoms with Crippen molar-refractivity contribution >= 4 is 22.3 Å². The van der Waals surface area contributed by atoms with Crippen molar-refractivity contribution in [2.24, 2.45) is 5.41 Å². The van der Waals surface area contributed by atoms with Gasteiger partial charge in [0.15, 0.2) is 11.6 Å². The molecule has 0 radical (unpaired) electrons. The Balaban J connectivity index is 1.58. The molecular weight excluding hydrogens is 329 g/mol. The number of halogens is 1. The van der Waals surface area contributed by atoms with E-state index in [1.54, 1.807) is 29.1 Å². The van der Waals surface area contributed by atoms with Crippen LogP contribution in [0.5, 0.6) is 0 Å². The fourth-order valence-corrected chi connectivity index (χ4v) is 4.29. The Morgan fingerprint density at radius 2 is 2.17 bits per heavy atom. The van der Waals surface area contributed by atoms with E-state index >= 15 is 0 Å². The molecule has 8 heteroatoms. The summed E-state index contributed by atoms with van der Waals surface area (Å²) >= 11 is 1.56. The lowest BCUT2D eigenvalue weighted by molar-refractivity contribution is 0.0598. The second-order valence-corrected chi connectivity index (χ2v) is 7.34. The zero-order valence-electron chi connectivity index (χ0n) is 13.4. The van der Waals surface area contributed by atoms with E-state index in [4.69, 9.17) is 4.74 Å². The zero-order chi connectivity index (χ0) is 16.4. The summed E-state index contributed by atoms with van der Waals surface area (Å²) in [5, 5.41) is 9.10. The molecule has 2 aromatic rings. The van der Waals surface area contributed by atoms with Gasteiger partial charge in [0.05, 0.1) is 13.2 Å². The van der Waals surface area contributed by atoms with Crippen molar-refractivity contribution in [2.75, 3.05) is 49.2 Å². The molecule has 0 unspecified atom stereocenters. The van der Waals surface area contributed by atoms with E-state index in [9.17, 15) is 4.39 Å². The van der Waals surface area contributed by atoms with Crippen LogP contribution in [0.1, 0.15) is 12.8 Å². The number of hydrogen-bond acceptors (Lipinski definition) is 7. The molecule has 2 aliphatic heterocycles. The summed E-state index contributed by atoms with van der Waals surface area (Å²) in [6, 6.07) is 3.09. The van der Waals surface area contributed by atoms with E-state index in [-0.39, 0.29) is 11.2 Å². The molecule has 2 aromatic heterocycles. The zero-order valence-corrected chi connectivity index (χ0v) is 14.2. The third-order valence-electron chi connectivity index (χ3n) is 4.76. The van der Waals surface area contributed by atoms with Crippen LogP contribution in [-0.4, -0.2) is 54.6 Å². The molecule has 0 aliphatic carbocycles. The Morgan fingerprint density at radius 3 is 3.00 bits per heavy atom. The highest BCUT2D eigenvalue weighted by Crippen LogP contribution is 2.36. The fourth-order valence-electron chi connectivity index (χ4n) is 3.71. The molecule has 0 amide bonds. The maximum absolute atomic E-state index is 14.2. The topological polar surface area (TPSA) is 54.4 Å². The number of ether oxygens (including phenoxy) is 1. The van der Waals surface area contributed by atoms with Crippen molar-refractivity contribution in [2.45, 2.75) is 12.8 Å². The lowest BCUT2D eigenvalue weighted by Crippen LogP contribution is -2.51. The minimum absolute atomic E-state index is 0.0373. The third-order valence-corrected chi connectivity index (χ3v) is 5.51. The second-order valence-electron chi connectivity index (χ2n) is 6.53. The van der Waals surface area contributed by atoms with Gasteiger partial charge in [-0.2, -0.15) is 0 Å². The maximum Gasteiger partial charge on any atom is 0.208 e. The smallest absolute Gasteiger partial charge is 0.208 e. The number of nitrogens with zero attached hydrogens (tertiary/aromatic N) is 5. The van der Waals surface area contributed by atoms with Crippen molar-refractivity contribution in [1.29, 1.82) is 0 Å². The first-order chi connectivity index (χ1) is 11.8. The van der Waals surface area contributed by atoms with Gasteiger partial charge >= 0.3 is 0 Å². The molecule has 4 rings (SSSR count). The van der Waals surface area contributed by atoms with Crippen LogP contribution in [0.2, 0.25) is 0 Å². The summed E-state index contributed by atoms with van der Waals surface area (Å²) in [6.07, 6.45) is 3.78. The Labute approximate surface area is 144 Å². The molecule has 4 heterocycles.